The molecule has 1 fully saturated rings. The summed E-state index contributed by atoms with van der Waals surface area (Å²) in [6, 6.07) is 12.4. The molecule has 1 aliphatic rings. The molecule has 4 rings (SSSR count). The van der Waals surface area contributed by atoms with Crippen LogP contribution in [0.2, 0.25) is 0 Å². The monoisotopic (exact) mass is 483 g/mol. The van der Waals surface area contributed by atoms with Gasteiger partial charge >= 0.3 is 0 Å². The molecule has 2 aromatic carbocycles. The van der Waals surface area contributed by atoms with Gasteiger partial charge < -0.3 is 4.57 Å². The van der Waals surface area contributed by atoms with Gasteiger partial charge in [0.2, 0.25) is 10.0 Å². The van der Waals surface area contributed by atoms with Crippen LogP contribution in [0, 0.1) is 0 Å². The van der Waals surface area contributed by atoms with Crippen LogP contribution < -0.4 is 4.80 Å². The lowest BCUT2D eigenvalue weighted by atomic mass is 10.2. The number of rotatable bonds is 7. The van der Waals surface area contributed by atoms with E-state index in [1.807, 2.05) is 4.57 Å². The number of benzene rings is 2. The molecule has 8 heteroatoms. The van der Waals surface area contributed by atoms with E-state index in [4.69, 9.17) is 0 Å². The SMILES string of the molecule is C=CCn1c(=NC(=O)c2ccc(S(=O)(=O)N(C)C3CCCC3)cc2)sc2cc(CC)ccc21. The summed E-state index contributed by atoms with van der Waals surface area (Å²) in [5.74, 6) is -0.400. The summed E-state index contributed by atoms with van der Waals surface area (Å²) in [5, 5.41) is 0. The molecule has 0 atom stereocenters. The second kappa shape index (κ2) is 9.75. The van der Waals surface area contributed by atoms with Crippen molar-refractivity contribution in [1.29, 1.82) is 0 Å². The van der Waals surface area contributed by atoms with E-state index in [0.717, 1.165) is 42.3 Å². The fourth-order valence-electron chi connectivity index (χ4n) is 4.28. The third-order valence-corrected chi connectivity index (χ3v) is 9.25. The van der Waals surface area contributed by atoms with Gasteiger partial charge in [-0.15, -0.1) is 6.58 Å². The van der Waals surface area contributed by atoms with Gasteiger partial charge in [-0.1, -0.05) is 43.2 Å². The van der Waals surface area contributed by atoms with Gasteiger partial charge in [0.05, 0.1) is 15.1 Å². The van der Waals surface area contributed by atoms with Gasteiger partial charge in [-0.05, 0) is 61.2 Å². The van der Waals surface area contributed by atoms with Gasteiger partial charge in [-0.25, -0.2) is 8.42 Å². The maximum absolute atomic E-state index is 13.0. The zero-order valence-corrected chi connectivity index (χ0v) is 20.7. The summed E-state index contributed by atoms with van der Waals surface area (Å²) < 4.78 is 30.4. The lowest BCUT2D eigenvalue weighted by Crippen LogP contribution is -2.35. The number of nitrogens with zero attached hydrogens (tertiary/aromatic N) is 3. The summed E-state index contributed by atoms with van der Waals surface area (Å²) in [5.41, 5.74) is 2.60. The molecular formula is C25H29N3O3S2. The highest BCUT2D eigenvalue weighted by Crippen LogP contribution is 2.27. The van der Waals surface area contributed by atoms with Crippen LogP contribution in [0.15, 0.2) is 65.0 Å². The van der Waals surface area contributed by atoms with E-state index in [9.17, 15) is 13.2 Å². The predicted octanol–water partition coefficient (Wildman–Crippen LogP) is 4.76. The van der Waals surface area contributed by atoms with Crippen molar-refractivity contribution in [2.75, 3.05) is 7.05 Å². The topological polar surface area (TPSA) is 71.7 Å². The summed E-state index contributed by atoms with van der Waals surface area (Å²) >= 11 is 1.47. The molecule has 0 N–H and O–H groups in total. The predicted molar refractivity (Wildman–Crippen MR) is 133 cm³/mol. The van der Waals surface area contributed by atoms with E-state index in [1.165, 1.54) is 33.3 Å². The van der Waals surface area contributed by atoms with Crippen molar-refractivity contribution in [2.24, 2.45) is 4.99 Å². The van der Waals surface area contributed by atoms with Gasteiger partial charge in [0.25, 0.3) is 5.91 Å². The van der Waals surface area contributed by atoms with Crippen molar-refractivity contribution in [3.63, 3.8) is 0 Å². The van der Waals surface area contributed by atoms with Crippen molar-refractivity contribution < 1.29 is 13.2 Å². The fourth-order valence-corrected chi connectivity index (χ4v) is 6.80. The van der Waals surface area contributed by atoms with Crippen molar-refractivity contribution in [2.45, 2.75) is 56.5 Å². The number of fused-ring (bicyclic) bond motifs is 1. The van der Waals surface area contributed by atoms with E-state index >= 15 is 0 Å². The van der Waals surface area contributed by atoms with Crippen LogP contribution in [-0.4, -0.2) is 36.3 Å². The van der Waals surface area contributed by atoms with Crippen molar-refractivity contribution in [3.05, 3.63) is 71.0 Å². The number of carbonyl (C=O) groups excluding carboxylic acids is 1. The molecular weight excluding hydrogens is 454 g/mol. The number of amides is 1. The van der Waals surface area contributed by atoms with E-state index in [2.05, 4.69) is 36.7 Å². The normalized spacial score (nSPS) is 15.5. The summed E-state index contributed by atoms with van der Waals surface area (Å²) in [7, 11) is -1.94. The van der Waals surface area contributed by atoms with Gasteiger partial charge in [-0.2, -0.15) is 9.30 Å². The summed E-state index contributed by atoms with van der Waals surface area (Å²) in [6.45, 7) is 6.48. The molecule has 1 aromatic heterocycles. The molecule has 0 saturated heterocycles. The molecule has 174 valence electrons. The lowest BCUT2D eigenvalue weighted by Gasteiger charge is -2.23. The standard InChI is InChI=1S/C25H29N3O3S2/c1-4-16-28-22-15-10-18(5-2)17-23(22)32-25(28)26-24(29)19-11-13-21(14-12-19)33(30,31)27(3)20-8-6-7-9-20/h4,10-15,17,20H,1,5-9,16H2,2-3H3. The van der Waals surface area contributed by atoms with Gasteiger partial charge in [0.15, 0.2) is 4.80 Å². The van der Waals surface area contributed by atoms with Crippen molar-refractivity contribution in [1.82, 2.24) is 8.87 Å². The van der Waals surface area contributed by atoms with E-state index in [0.29, 0.717) is 16.9 Å². The number of hydrogen-bond acceptors (Lipinski definition) is 4. The van der Waals surface area contributed by atoms with E-state index in [-0.39, 0.29) is 10.9 Å². The molecule has 0 bridgehead atoms. The third-order valence-electron chi connectivity index (χ3n) is 6.28. The van der Waals surface area contributed by atoms with Gasteiger partial charge in [-0.3, -0.25) is 4.79 Å². The second-order valence-electron chi connectivity index (χ2n) is 8.34. The first kappa shape index (κ1) is 23.6. The zero-order chi connectivity index (χ0) is 23.6. The van der Waals surface area contributed by atoms with Crippen LogP contribution >= 0.6 is 11.3 Å². The van der Waals surface area contributed by atoms with E-state index in [1.54, 1.807) is 25.3 Å². The first-order chi connectivity index (χ1) is 15.8. The maximum atomic E-state index is 13.0. The largest absolute Gasteiger partial charge is 0.312 e. The van der Waals surface area contributed by atoms with Crippen molar-refractivity contribution in [3.8, 4) is 0 Å². The fraction of sp³-hybridized carbons (Fsp3) is 0.360. The molecule has 1 heterocycles. The molecule has 0 aliphatic heterocycles. The summed E-state index contributed by atoms with van der Waals surface area (Å²) in [4.78, 5) is 18.1. The Kier molecular flexibility index (Phi) is 6.97. The van der Waals surface area contributed by atoms with E-state index < -0.39 is 15.9 Å². The smallest absolute Gasteiger partial charge is 0.279 e. The number of thiazole rings is 1. The highest BCUT2D eigenvalue weighted by atomic mass is 32.2. The first-order valence-electron chi connectivity index (χ1n) is 11.3. The Bertz CT molecular complexity index is 1350. The molecule has 1 saturated carbocycles. The highest BCUT2D eigenvalue weighted by molar-refractivity contribution is 7.89. The minimum Gasteiger partial charge on any atom is -0.312 e. The molecule has 6 nitrogen and oxygen atoms in total. The molecule has 0 unspecified atom stereocenters. The third kappa shape index (κ3) is 4.74. The van der Waals surface area contributed by atoms with Gasteiger partial charge in [0, 0.05) is 25.2 Å². The number of aryl methyl sites for hydroxylation is 1. The number of allylic oxidation sites excluding steroid dienone is 1. The van der Waals surface area contributed by atoms with Crippen LogP contribution in [0.5, 0.6) is 0 Å². The van der Waals surface area contributed by atoms with Crippen LogP contribution in [0.4, 0.5) is 0 Å². The maximum Gasteiger partial charge on any atom is 0.279 e. The Morgan fingerprint density at radius 3 is 2.55 bits per heavy atom. The quantitative estimate of drug-likeness (QED) is 0.455. The van der Waals surface area contributed by atoms with Gasteiger partial charge in [0.1, 0.15) is 0 Å². The molecule has 0 radical (unpaired) electrons. The molecule has 33 heavy (non-hydrogen) atoms. The zero-order valence-electron chi connectivity index (χ0n) is 19.0. The van der Waals surface area contributed by atoms with Crippen LogP contribution in [0.3, 0.4) is 0 Å². The average molecular weight is 484 g/mol. The van der Waals surface area contributed by atoms with Crippen LogP contribution in [0.25, 0.3) is 10.2 Å². The Morgan fingerprint density at radius 2 is 1.91 bits per heavy atom. The Morgan fingerprint density at radius 1 is 1.21 bits per heavy atom. The number of carbonyl (C=O) groups is 1. The highest BCUT2D eigenvalue weighted by Gasteiger charge is 2.30. The second-order valence-corrected chi connectivity index (χ2v) is 11.3. The minimum absolute atomic E-state index is 0.0489. The average Bonchev–Trinajstić information content (AvgIpc) is 3.47. The van der Waals surface area contributed by atoms with Crippen LogP contribution in [-0.2, 0) is 23.0 Å². The number of hydrogen-bond donors (Lipinski definition) is 0. The first-order valence-corrected chi connectivity index (χ1v) is 13.5. The van der Waals surface area contributed by atoms with Crippen molar-refractivity contribution >= 4 is 37.5 Å². The summed E-state index contributed by atoms with van der Waals surface area (Å²) in [6.07, 6.45) is 6.62. The molecule has 1 amide bonds. The van der Waals surface area contributed by atoms with Crippen LogP contribution in [0.1, 0.15) is 48.5 Å². The Hall–Kier alpha value is -2.55. The molecule has 0 spiro atoms. The Balaban J connectivity index is 1.64. The Labute approximate surface area is 199 Å². The number of aromatic nitrogens is 1. The molecule has 1 aliphatic carbocycles. The number of sulfonamides is 1. The lowest BCUT2D eigenvalue weighted by molar-refractivity contribution is 0.0997. The molecule has 3 aromatic rings. The minimum atomic E-state index is -3.58.